The van der Waals surface area contributed by atoms with Gasteiger partial charge in [-0.05, 0) is 49.1 Å². The molecule has 3 heteroatoms. The van der Waals surface area contributed by atoms with Crippen molar-refractivity contribution in [3.05, 3.63) is 34.1 Å². The van der Waals surface area contributed by atoms with Crippen LogP contribution in [0.1, 0.15) is 39.7 Å². The van der Waals surface area contributed by atoms with Crippen molar-refractivity contribution in [3.63, 3.8) is 0 Å². The fourth-order valence-electron chi connectivity index (χ4n) is 2.31. The Kier molecular flexibility index (Phi) is 5.14. The van der Waals surface area contributed by atoms with Gasteiger partial charge in [-0.15, -0.1) is 0 Å². The van der Waals surface area contributed by atoms with E-state index in [1.807, 2.05) is 6.07 Å². The average Bonchev–Trinajstić information content (AvgIpc) is 2.21. The molecule has 0 amide bonds. The third-order valence-corrected chi connectivity index (χ3v) is 3.52. The lowest BCUT2D eigenvalue weighted by atomic mass is 9.79. The summed E-state index contributed by atoms with van der Waals surface area (Å²) in [6.45, 7) is 9.35. The minimum atomic E-state index is -0.171. The van der Waals surface area contributed by atoms with Crippen LogP contribution < -0.4 is 5.32 Å². The minimum Gasteiger partial charge on any atom is -0.315 e. The van der Waals surface area contributed by atoms with Crippen LogP contribution in [0.3, 0.4) is 0 Å². The Bertz CT molecular complexity index is 376. The molecule has 1 aromatic rings. The Morgan fingerprint density at radius 2 is 2.06 bits per heavy atom. The van der Waals surface area contributed by atoms with Gasteiger partial charge in [-0.3, -0.25) is 0 Å². The van der Waals surface area contributed by atoms with E-state index in [2.05, 4.69) is 48.9 Å². The van der Waals surface area contributed by atoms with Gasteiger partial charge in [0.05, 0.1) is 0 Å². The van der Waals surface area contributed by atoms with Gasteiger partial charge >= 0.3 is 0 Å². The van der Waals surface area contributed by atoms with E-state index >= 15 is 0 Å². The number of hydrogen-bond donors (Lipinski definition) is 1. The third kappa shape index (κ3) is 4.07. The van der Waals surface area contributed by atoms with E-state index in [1.54, 1.807) is 6.07 Å². The zero-order valence-corrected chi connectivity index (χ0v) is 12.6. The van der Waals surface area contributed by atoms with E-state index in [1.165, 1.54) is 6.07 Å². The van der Waals surface area contributed by atoms with Crippen molar-refractivity contribution < 1.29 is 4.39 Å². The van der Waals surface area contributed by atoms with Gasteiger partial charge in [0.2, 0.25) is 0 Å². The lowest BCUT2D eigenvalue weighted by Gasteiger charge is -2.29. The van der Waals surface area contributed by atoms with Gasteiger partial charge in [0, 0.05) is 10.5 Å². The Morgan fingerprint density at radius 1 is 1.41 bits per heavy atom. The predicted octanol–water partition coefficient (Wildman–Crippen LogP) is 4.25. The summed E-state index contributed by atoms with van der Waals surface area (Å²) >= 11 is 3.40. The van der Waals surface area contributed by atoms with Gasteiger partial charge < -0.3 is 5.32 Å². The summed E-state index contributed by atoms with van der Waals surface area (Å²) in [6.07, 6.45) is 0.911. The van der Waals surface area contributed by atoms with E-state index < -0.39 is 0 Å². The molecule has 0 bridgehead atoms. The van der Waals surface area contributed by atoms with E-state index in [0.29, 0.717) is 6.04 Å². The van der Waals surface area contributed by atoms with E-state index in [4.69, 9.17) is 0 Å². The summed E-state index contributed by atoms with van der Waals surface area (Å²) in [6, 6.07) is 5.53. The van der Waals surface area contributed by atoms with Gasteiger partial charge in [-0.1, -0.05) is 36.7 Å². The fourth-order valence-corrected chi connectivity index (χ4v) is 2.67. The third-order valence-electron chi connectivity index (χ3n) is 3.03. The van der Waals surface area contributed by atoms with Crippen molar-refractivity contribution in [3.8, 4) is 0 Å². The zero-order valence-electron chi connectivity index (χ0n) is 11.0. The van der Waals surface area contributed by atoms with Crippen molar-refractivity contribution in [1.82, 2.24) is 5.32 Å². The molecule has 1 N–H and O–H groups in total. The van der Waals surface area contributed by atoms with Crippen molar-refractivity contribution >= 4 is 15.9 Å². The first kappa shape index (κ1) is 14.7. The number of hydrogen-bond acceptors (Lipinski definition) is 1. The minimum absolute atomic E-state index is 0.123. The summed E-state index contributed by atoms with van der Waals surface area (Å²) < 4.78 is 14.8. The molecule has 0 aliphatic rings. The Hall–Kier alpha value is -0.410. The van der Waals surface area contributed by atoms with Crippen LogP contribution in [0.2, 0.25) is 0 Å². The van der Waals surface area contributed by atoms with Gasteiger partial charge in [0.15, 0.2) is 0 Å². The van der Waals surface area contributed by atoms with Crippen LogP contribution in [0, 0.1) is 5.82 Å². The molecule has 0 aliphatic carbocycles. The molecule has 0 fully saturated rings. The van der Waals surface area contributed by atoms with Crippen LogP contribution in [0.25, 0.3) is 0 Å². The summed E-state index contributed by atoms with van der Waals surface area (Å²) in [5.41, 5.74) is 0.603. The number of benzene rings is 1. The van der Waals surface area contributed by atoms with Gasteiger partial charge in [0.25, 0.3) is 0 Å². The molecule has 0 spiro atoms. The largest absolute Gasteiger partial charge is 0.315 e. The SMILES string of the molecule is CCNC(C)CC(C)(C)c1cc(Br)ccc1F. The summed E-state index contributed by atoms with van der Waals surface area (Å²) in [4.78, 5) is 0. The maximum absolute atomic E-state index is 13.9. The van der Waals surface area contributed by atoms with Crippen molar-refractivity contribution in [2.45, 2.75) is 45.6 Å². The van der Waals surface area contributed by atoms with Gasteiger partial charge in [-0.2, -0.15) is 0 Å². The molecule has 1 atom stereocenters. The Morgan fingerprint density at radius 3 is 2.65 bits per heavy atom. The number of rotatable bonds is 5. The molecule has 1 aromatic carbocycles. The Labute approximate surface area is 112 Å². The average molecular weight is 302 g/mol. The molecule has 17 heavy (non-hydrogen) atoms. The lowest BCUT2D eigenvalue weighted by Crippen LogP contribution is -2.33. The maximum Gasteiger partial charge on any atom is 0.127 e. The van der Waals surface area contributed by atoms with Crippen molar-refractivity contribution in [1.29, 1.82) is 0 Å². The molecule has 0 heterocycles. The monoisotopic (exact) mass is 301 g/mol. The second-order valence-corrected chi connectivity index (χ2v) is 6.09. The molecule has 0 aromatic heterocycles. The molecule has 0 saturated carbocycles. The number of halogens is 2. The zero-order chi connectivity index (χ0) is 13.1. The molecule has 0 radical (unpaired) electrons. The predicted molar refractivity (Wildman–Crippen MR) is 74.9 cm³/mol. The van der Waals surface area contributed by atoms with E-state index in [0.717, 1.165) is 23.0 Å². The van der Waals surface area contributed by atoms with Crippen LogP contribution in [-0.2, 0) is 5.41 Å². The fraction of sp³-hybridized carbons (Fsp3) is 0.571. The van der Waals surface area contributed by atoms with Gasteiger partial charge in [-0.25, -0.2) is 4.39 Å². The second-order valence-electron chi connectivity index (χ2n) is 5.17. The Balaban J connectivity index is 2.91. The van der Waals surface area contributed by atoms with E-state index in [9.17, 15) is 4.39 Å². The van der Waals surface area contributed by atoms with Crippen molar-refractivity contribution in [2.24, 2.45) is 0 Å². The normalized spacial score (nSPS) is 13.8. The lowest BCUT2D eigenvalue weighted by molar-refractivity contribution is 0.381. The standard InChI is InChI=1S/C14H21BrFN/c1-5-17-10(2)9-14(3,4)12-8-11(15)6-7-13(12)16/h6-8,10,17H,5,9H2,1-4H3. The highest BCUT2D eigenvalue weighted by atomic mass is 79.9. The highest BCUT2D eigenvalue weighted by Gasteiger charge is 2.26. The first-order chi connectivity index (χ1) is 7.86. The molecular formula is C14H21BrFN. The smallest absolute Gasteiger partial charge is 0.127 e. The summed E-state index contributed by atoms with van der Waals surface area (Å²) in [5.74, 6) is -0.123. The van der Waals surface area contributed by atoms with Crippen LogP contribution in [-0.4, -0.2) is 12.6 Å². The van der Waals surface area contributed by atoms with Crippen LogP contribution in [0.5, 0.6) is 0 Å². The van der Waals surface area contributed by atoms with Gasteiger partial charge in [0.1, 0.15) is 5.82 Å². The van der Waals surface area contributed by atoms with Crippen molar-refractivity contribution in [2.75, 3.05) is 6.54 Å². The molecule has 1 unspecified atom stereocenters. The molecule has 1 rings (SSSR count). The molecule has 1 nitrogen and oxygen atoms in total. The first-order valence-corrected chi connectivity index (χ1v) is 6.85. The highest BCUT2D eigenvalue weighted by molar-refractivity contribution is 9.10. The topological polar surface area (TPSA) is 12.0 Å². The highest BCUT2D eigenvalue weighted by Crippen LogP contribution is 2.32. The first-order valence-electron chi connectivity index (χ1n) is 6.05. The summed E-state index contributed by atoms with van der Waals surface area (Å²) in [7, 11) is 0. The molecule has 0 aliphatic heterocycles. The molecular weight excluding hydrogens is 281 g/mol. The van der Waals surface area contributed by atoms with Crippen LogP contribution in [0.15, 0.2) is 22.7 Å². The second kappa shape index (κ2) is 5.96. The van der Waals surface area contributed by atoms with Crippen LogP contribution >= 0.6 is 15.9 Å². The number of nitrogens with one attached hydrogen (secondary N) is 1. The molecule has 0 saturated heterocycles. The van der Waals surface area contributed by atoms with Crippen LogP contribution in [0.4, 0.5) is 4.39 Å². The molecule has 96 valence electrons. The maximum atomic E-state index is 13.9. The quantitative estimate of drug-likeness (QED) is 0.857. The summed E-state index contributed by atoms with van der Waals surface area (Å²) in [5, 5.41) is 3.37. The van der Waals surface area contributed by atoms with E-state index in [-0.39, 0.29) is 11.2 Å².